The minimum absolute atomic E-state index is 0.159. The van der Waals surface area contributed by atoms with Crippen LogP contribution in [-0.4, -0.2) is 15.7 Å². The van der Waals surface area contributed by atoms with Crippen LogP contribution in [0.4, 0.5) is 5.69 Å². The van der Waals surface area contributed by atoms with Gasteiger partial charge in [-0.1, -0.05) is 30.2 Å². The van der Waals surface area contributed by atoms with Crippen LogP contribution >= 0.6 is 0 Å². The Bertz CT molecular complexity index is 1060. The molecule has 0 unspecified atom stereocenters. The van der Waals surface area contributed by atoms with Crippen molar-refractivity contribution in [2.45, 2.75) is 19.9 Å². The maximum atomic E-state index is 12.8. The van der Waals surface area contributed by atoms with Crippen molar-refractivity contribution < 1.29 is 4.79 Å². The molecule has 0 fully saturated rings. The molecule has 0 atom stereocenters. The maximum Gasteiger partial charge on any atom is 0.276 e. The number of aromatic nitrogens is 2. The van der Waals surface area contributed by atoms with Crippen LogP contribution in [0.25, 0.3) is 10.8 Å². The van der Waals surface area contributed by atoms with Gasteiger partial charge in [-0.05, 0) is 38.1 Å². The molecule has 0 saturated carbocycles. The Labute approximate surface area is 145 Å². The second kappa shape index (κ2) is 6.62. The average molecular weight is 331 g/mol. The van der Waals surface area contributed by atoms with E-state index in [2.05, 4.69) is 16.3 Å². The van der Waals surface area contributed by atoms with E-state index < -0.39 is 0 Å². The highest BCUT2D eigenvalue weighted by Crippen LogP contribution is 2.17. The zero-order valence-electron chi connectivity index (χ0n) is 14.0. The molecule has 5 nitrogen and oxygen atoms in total. The molecular weight excluding hydrogens is 314 g/mol. The number of fused-ring (bicyclic) bond motifs is 1. The van der Waals surface area contributed by atoms with Crippen molar-refractivity contribution >= 4 is 22.4 Å². The quantitative estimate of drug-likeness (QED) is 0.750. The van der Waals surface area contributed by atoms with E-state index in [1.807, 2.05) is 13.8 Å². The van der Waals surface area contributed by atoms with E-state index in [1.54, 1.807) is 48.5 Å². The highest BCUT2D eigenvalue weighted by Gasteiger charge is 2.18. The number of carbonyl (C=O) groups excluding carboxylic acids is 1. The van der Waals surface area contributed by atoms with Gasteiger partial charge in [0.2, 0.25) is 0 Å². The fourth-order valence-electron chi connectivity index (χ4n) is 2.60. The number of carbonyl (C=O) groups is 1. The number of amides is 1. The molecule has 0 bridgehead atoms. The van der Waals surface area contributed by atoms with E-state index in [0.717, 1.165) is 0 Å². The summed E-state index contributed by atoms with van der Waals surface area (Å²) < 4.78 is 1.33. The summed E-state index contributed by atoms with van der Waals surface area (Å²) in [5.41, 5.74) is 1.24. The molecule has 3 aromatic rings. The standard InChI is InChI=1S/C20H17N3O2/c1-4-14-8-7-9-15(12-14)21-19(24)18-16-10-5-6-11-17(16)20(25)23(22-18)13(2)3/h1,5-13H,2-3H3,(H,21,24). The average Bonchev–Trinajstić information content (AvgIpc) is 2.62. The second-order valence-corrected chi connectivity index (χ2v) is 5.92. The first-order valence-corrected chi connectivity index (χ1v) is 7.91. The van der Waals surface area contributed by atoms with Crippen molar-refractivity contribution in [3.63, 3.8) is 0 Å². The number of benzene rings is 2. The summed E-state index contributed by atoms with van der Waals surface area (Å²) in [7, 11) is 0. The van der Waals surface area contributed by atoms with Crippen molar-refractivity contribution in [1.82, 2.24) is 9.78 Å². The summed E-state index contributed by atoms with van der Waals surface area (Å²) in [5.74, 6) is 2.14. The highest BCUT2D eigenvalue weighted by atomic mass is 16.2. The molecule has 1 aromatic heterocycles. The molecule has 124 valence electrons. The van der Waals surface area contributed by atoms with Crippen molar-refractivity contribution in [2.24, 2.45) is 0 Å². The van der Waals surface area contributed by atoms with Gasteiger partial charge < -0.3 is 5.32 Å². The monoisotopic (exact) mass is 331 g/mol. The highest BCUT2D eigenvalue weighted by molar-refractivity contribution is 6.11. The van der Waals surface area contributed by atoms with Crippen LogP contribution in [0, 0.1) is 12.3 Å². The Morgan fingerprint density at radius 1 is 1.16 bits per heavy atom. The zero-order valence-corrected chi connectivity index (χ0v) is 14.0. The number of hydrogen-bond acceptors (Lipinski definition) is 3. The molecule has 1 amide bonds. The Balaban J connectivity index is 2.11. The largest absolute Gasteiger partial charge is 0.321 e. The van der Waals surface area contributed by atoms with Gasteiger partial charge >= 0.3 is 0 Å². The van der Waals surface area contributed by atoms with Gasteiger partial charge in [-0.3, -0.25) is 9.59 Å². The van der Waals surface area contributed by atoms with Gasteiger partial charge in [0, 0.05) is 16.6 Å². The van der Waals surface area contributed by atoms with E-state index in [9.17, 15) is 9.59 Å². The van der Waals surface area contributed by atoms with Gasteiger partial charge in [0.1, 0.15) is 0 Å². The van der Waals surface area contributed by atoms with Gasteiger partial charge in [0.25, 0.3) is 11.5 Å². The maximum absolute atomic E-state index is 12.8. The third-order valence-electron chi connectivity index (χ3n) is 3.82. The van der Waals surface area contributed by atoms with Crippen LogP contribution in [0.2, 0.25) is 0 Å². The molecule has 0 aliphatic rings. The Morgan fingerprint density at radius 2 is 1.88 bits per heavy atom. The molecule has 0 saturated heterocycles. The predicted molar refractivity (Wildman–Crippen MR) is 98.7 cm³/mol. The van der Waals surface area contributed by atoms with Crippen LogP contribution < -0.4 is 10.9 Å². The van der Waals surface area contributed by atoms with Gasteiger partial charge in [0.15, 0.2) is 5.69 Å². The minimum Gasteiger partial charge on any atom is -0.321 e. The first-order valence-electron chi connectivity index (χ1n) is 7.91. The molecule has 0 radical (unpaired) electrons. The van der Waals surface area contributed by atoms with Gasteiger partial charge in [-0.2, -0.15) is 5.10 Å². The van der Waals surface area contributed by atoms with E-state index in [0.29, 0.717) is 22.0 Å². The van der Waals surface area contributed by atoms with Crippen LogP contribution in [0.1, 0.15) is 35.9 Å². The predicted octanol–water partition coefficient (Wildman–Crippen LogP) is 3.21. The van der Waals surface area contributed by atoms with Crippen LogP contribution in [0.3, 0.4) is 0 Å². The molecule has 5 heteroatoms. The lowest BCUT2D eigenvalue weighted by Crippen LogP contribution is -2.28. The lowest BCUT2D eigenvalue weighted by molar-refractivity contribution is 0.102. The third kappa shape index (κ3) is 3.15. The fraction of sp³-hybridized carbons (Fsp3) is 0.150. The van der Waals surface area contributed by atoms with Crippen molar-refractivity contribution in [2.75, 3.05) is 5.32 Å². The van der Waals surface area contributed by atoms with Gasteiger partial charge in [-0.15, -0.1) is 6.42 Å². The lowest BCUT2D eigenvalue weighted by Gasteiger charge is -2.13. The summed E-state index contributed by atoms with van der Waals surface area (Å²) in [4.78, 5) is 25.3. The summed E-state index contributed by atoms with van der Waals surface area (Å²) in [6, 6.07) is 13.8. The van der Waals surface area contributed by atoms with E-state index in [-0.39, 0.29) is 23.2 Å². The van der Waals surface area contributed by atoms with E-state index in [1.165, 1.54) is 4.68 Å². The first-order chi connectivity index (χ1) is 12.0. The van der Waals surface area contributed by atoms with Crippen LogP contribution in [0.5, 0.6) is 0 Å². The molecule has 2 aromatic carbocycles. The van der Waals surface area contributed by atoms with Crippen LogP contribution in [0.15, 0.2) is 53.3 Å². The molecule has 0 aliphatic carbocycles. The van der Waals surface area contributed by atoms with Gasteiger partial charge in [-0.25, -0.2) is 4.68 Å². The number of hydrogen-bond donors (Lipinski definition) is 1. The Morgan fingerprint density at radius 3 is 2.56 bits per heavy atom. The molecule has 25 heavy (non-hydrogen) atoms. The SMILES string of the molecule is C#Cc1cccc(NC(=O)c2nn(C(C)C)c(=O)c3ccccc23)c1. The normalized spacial score (nSPS) is 10.6. The number of terminal acetylenes is 1. The third-order valence-corrected chi connectivity index (χ3v) is 3.82. The Kier molecular flexibility index (Phi) is 4.36. The first kappa shape index (κ1) is 16.5. The summed E-state index contributed by atoms with van der Waals surface area (Å²) in [6.07, 6.45) is 5.39. The van der Waals surface area contributed by atoms with Crippen molar-refractivity contribution in [1.29, 1.82) is 0 Å². The number of anilines is 1. The van der Waals surface area contributed by atoms with E-state index in [4.69, 9.17) is 6.42 Å². The molecule has 0 spiro atoms. The number of nitrogens with one attached hydrogen (secondary N) is 1. The number of rotatable bonds is 3. The molecule has 0 aliphatic heterocycles. The lowest BCUT2D eigenvalue weighted by atomic mass is 10.1. The summed E-state index contributed by atoms with van der Waals surface area (Å²) >= 11 is 0. The molecule has 1 N–H and O–H groups in total. The minimum atomic E-state index is -0.389. The Hall–Kier alpha value is -3.39. The van der Waals surface area contributed by atoms with Crippen LogP contribution in [-0.2, 0) is 0 Å². The number of nitrogens with zero attached hydrogens (tertiary/aromatic N) is 2. The zero-order chi connectivity index (χ0) is 18.0. The summed E-state index contributed by atoms with van der Waals surface area (Å²) in [6.45, 7) is 3.70. The second-order valence-electron chi connectivity index (χ2n) is 5.92. The topological polar surface area (TPSA) is 64.0 Å². The van der Waals surface area contributed by atoms with Gasteiger partial charge in [0.05, 0.1) is 11.4 Å². The summed E-state index contributed by atoms with van der Waals surface area (Å²) in [5, 5.41) is 8.08. The molecule has 1 heterocycles. The smallest absolute Gasteiger partial charge is 0.276 e. The van der Waals surface area contributed by atoms with Crippen molar-refractivity contribution in [3.8, 4) is 12.3 Å². The fourth-order valence-corrected chi connectivity index (χ4v) is 2.60. The van der Waals surface area contributed by atoms with Crippen molar-refractivity contribution in [3.05, 3.63) is 70.1 Å². The molecule has 3 rings (SSSR count). The molecular formula is C20H17N3O2. The van der Waals surface area contributed by atoms with E-state index >= 15 is 0 Å².